The Hall–Kier alpha value is -2.44. The van der Waals surface area contributed by atoms with E-state index in [2.05, 4.69) is 5.32 Å². The number of phenols is 1. The molecule has 2 rings (SSSR count). The van der Waals surface area contributed by atoms with Gasteiger partial charge in [-0.3, -0.25) is 4.79 Å². The zero-order valence-electron chi connectivity index (χ0n) is 12.0. The SMILES string of the molecule is CCNC(=O)N1CCN(C(=O)c2cccc(N)c2O)CC1. The molecule has 0 saturated carbocycles. The Morgan fingerprint density at radius 3 is 2.48 bits per heavy atom. The normalized spacial score (nSPS) is 14.9. The molecule has 21 heavy (non-hydrogen) atoms. The van der Waals surface area contributed by atoms with E-state index < -0.39 is 0 Å². The highest BCUT2D eigenvalue weighted by Gasteiger charge is 2.26. The van der Waals surface area contributed by atoms with Gasteiger partial charge in [-0.25, -0.2) is 4.79 Å². The second kappa shape index (κ2) is 6.34. The van der Waals surface area contributed by atoms with Crippen LogP contribution in [0.25, 0.3) is 0 Å². The minimum atomic E-state index is -0.268. The van der Waals surface area contributed by atoms with Gasteiger partial charge in [0.05, 0.1) is 11.3 Å². The van der Waals surface area contributed by atoms with E-state index in [9.17, 15) is 14.7 Å². The van der Waals surface area contributed by atoms with Gasteiger partial charge in [0.15, 0.2) is 5.75 Å². The van der Waals surface area contributed by atoms with Gasteiger partial charge in [-0.1, -0.05) is 6.07 Å². The van der Waals surface area contributed by atoms with Crippen LogP contribution in [0.5, 0.6) is 5.75 Å². The van der Waals surface area contributed by atoms with Crippen LogP contribution in [-0.4, -0.2) is 59.6 Å². The molecule has 0 bridgehead atoms. The average Bonchev–Trinajstić information content (AvgIpc) is 2.50. The van der Waals surface area contributed by atoms with Crippen LogP contribution in [-0.2, 0) is 0 Å². The van der Waals surface area contributed by atoms with Crippen LogP contribution in [0.3, 0.4) is 0 Å². The van der Waals surface area contributed by atoms with E-state index in [4.69, 9.17) is 5.73 Å². The molecule has 0 aromatic heterocycles. The number of hydrogen-bond donors (Lipinski definition) is 3. The molecule has 0 aliphatic carbocycles. The Balaban J connectivity index is 2.00. The zero-order valence-corrected chi connectivity index (χ0v) is 12.0. The van der Waals surface area contributed by atoms with Crippen molar-refractivity contribution in [2.45, 2.75) is 6.92 Å². The van der Waals surface area contributed by atoms with Crippen LogP contribution in [0, 0.1) is 0 Å². The Labute approximate surface area is 123 Å². The molecule has 1 heterocycles. The fraction of sp³-hybridized carbons (Fsp3) is 0.429. The number of phenolic OH excluding ortho intramolecular Hbond substituents is 1. The molecular formula is C14H20N4O3. The molecule has 1 fully saturated rings. The third kappa shape index (κ3) is 3.18. The van der Waals surface area contributed by atoms with Crippen molar-refractivity contribution in [1.29, 1.82) is 0 Å². The van der Waals surface area contributed by atoms with Crippen molar-refractivity contribution >= 4 is 17.6 Å². The molecule has 4 N–H and O–H groups in total. The number of carbonyl (C=O) groups is 2. The summed E-state index contributed by atoms with van der Waals surface area (Å²) >= 11 is 0. The molecule has 1 aromatic carbocycles. The molecule has 0 unspecified atom stereocenters. The molecule has 7 heteroatoms. The number of nitrogen functional groups attached to an aromatic ring is 1. The standard InChI is InChI=1S/C14H20N4O3/c1-2-16-14(21)18-8-6-17(7-9-18)13(20)10-4-3-5-11(15)12(10)19/h3-5,19H,2,6-9,15H2,1H3,(H,16,21). The van der Waals surface area contributed by atoms with Gasteiger partial charge in [0, 0.05) is 32.7 Å². The van der Waals surface area contributed by atoms with Crippen LogP contribution >= 0.6 is 0 Å². The van der Waals surface area contributed by atoms with Crippen molar-refractivity contribution in [3.63, 3.8) is 0 Å². The second-order valence-electron chi connectivity index (χ2n) is 4.86. The Morgan fingerprint density at radius 1 is 1.24 bits per heavy atom. The zero-order chi connectivity index (χ0) is 15.4. The number of rotatable bonds is 2. The summed E-state index contributed by atoms with van der Waals surface area (Å²) in [4.78, 5) is 27.4. The Morgan fingerprint density at radius 2 is 1.86 bits per heavy atom. The molecule has 1 aliphatic rings. The van der Waals surface area contributed by atoms with Gasteiger partial charge < -0.3 is 26.0 Å². The van der Waals surface area contributed by atoms with Gasteiger partial charge in [0.2, 0.25) is 0 Å². The third-order valence-corrected chi connectivity index (χ3v) is 3.48. The maximum Gasteiger partial charge on any atom is 0.317 e. The highest BCUT2D eigenvalue weighted by molar-refractivity contribution is 5.98. The highest BCUT2D eigenvalue weighted by Crippen LogP contribution is 2.25. The number of amides is 3. The predicted octanol–water partition coefficient (Wildman–Crippen LogP) is 0.462. The van der Waals surface area contributed by atoms with Crippen LogP contribution in [0.1, 0.15) is 17.3 Å². The second-order valence-corrected chi connectivity index (χ2v) is 4.86. The molecule has 0 radical (unpaired) electrons. The van der Waals surface area contributed by atoms with Gasteiger partial charge in [0.25, 0.3) is 5.91 Å². The Kier molecular flexibility index (Phi) is 4.52. The first-order chi connectivity index (χ1) is 10.0. The molecular weight excluding hydrogens is 272 g/mol. The quantitative estimate of drug-likeness (QED) is 0.545. The van der Waals surface area contributed by atoms with Gasteiger partial charge in [-0.05, 0) is 19.1 Å². The monoisotopic (exact) mass is 292 g/mol. The summed E-state index contributed by atoms with van der Waals surface area (Å²) in [6, 6.07) is 4.60. The maximum atomic E-state index is 12.4. The number of hydrogen-bond acceptors (Lipinski definition) is 4. The number of para-hydroxylation sites is 1. The summed E-state index contributed by atoms with van der Waals surface area (Å²) in [5.41, 5.74) is 5.98. The number of benzene rings is 1. The molecule has 0 atom stereocenters. The van der Waals surface area contributed by atoms with E-state index in [1.54, 1.807) is 28.0 Å². The van der Waals surface area contributed by atoms with Crippen molar-refractivity contribution < 1.29 is 14.7 Å². The summed E-state index contributed by atoms with van der Waals surface area (Å²) in [5.74, 6) is -0.455. The fourth-order valence-electron chi connectivity index (χ4n) is 2.28. The van der Waals surface area contributed by atoms with Gasteiger partial charge in [0.1, 0.15) is 0 Å². The van der Waals surface area contributed by atoms with E-state index in [1.807, 2.05) is 6.92 Å². The lowest BCUT2D eigenvalue weighted by atomic mass is 10.1. The van der Waals surface area contributed by atoms with Crippen molar-refractivity contribution in [3.8, 4) is 5.75 Å². The van der Waals surface area contributed by atoms with Gasteiger partial charge in [-0.15, -0.1) is 0 Å². The largest absolute Gasteiger partial charge is 0.505 e. The van der Waals surface area contributed by atoms with Crippen LogP contribution in [0.15, 0.2) is 18.2 Å². The van der Waals surface area contributed by atoms with Crippen molar-refractivity contribution in [2.75, 3.05) is 38.5 Å². The fourth-order valence-corrected chi connectivity index (χ4v) is 2.28. The molecule has 1 aliphatic heterocycles. The smallest absolute Gasteiger partial charge is 0.317 e. The van der Waals surface area contributed by atoms with E-state index in [1.165, 1.54) is 0 Å². The first-order valence-electron chi connectivity index (χ1n) is 6.94. The summed E-state index contributed by atoms with van der Waals surface area (Å²) in [5, 5.41) is 12.6. The number of urea groups is 1. The summed E-state index contributed by atoms with van der Waals surface area (Å²) in [7, 11) is 0. The molecule has 1 aromatic rings. The number of piperazine rings is 1. The minimum absolute atomic E-state index is 0.114. The van der Waals surface area contributed by atoms with Crippen LogP contribution in [0.2, 0.25) is 0 Å². The molecule has 114 valence electrons. The van der Waals surface area contributed by atoms with E-state index in [0.717, 1.165) is 0 Å². The number of aromatic hydroxyl groups is 1. The third-order valence-electron chi connectivity index (χ3n) is 3.48. The first kappa shape index (κ1) is 15.0. The average molecular weight is 292 g/mol. The lowest BCUT2D eigenvalue weighted by Gasteiger charge is -2.34. The Bertz CT molecular complexity index is 539. The summed E-state index contributed by atoms with van der Waals surface area (Å²) < 4.78 is 0. The van der Waals surface area contributed by atoms with Crippen molar-refractivity contribution in [1.82, 2.24) is 15.1 Å². The lowest BCUT2D eigenvalue weighted by Crippen LogP contribution is -2.53. The number of nitrogens with zero attached hydrogens (tertiary/aromatic N) is 2. The maximum absolute atomic E-state index is 12.4. The molecule has 7 nitrogen and oxygen atoms in total. The minimum Gasteiger partial charge on any atom is -0.505 e. The van der Waals surface area contributed by atoms with Crippen LogP contribution in [0.4, 0.5) is 10.5 Å². The van der Waals surface area contributed by atoms with Gasteiger partial charge >= 0.3 is 6.03 Å². The lowest BCUT2D eigenvalue weighted by molar-refractivity contribution is 0.0662. The number of nitrogens with one attached hydrogen (secondary N) is 1. The van der Waals surface area contributed by atoms with Crippen LogP contribution < -0.4 is 11.1 Å². The van der Waals surface area contributed by atoms with E-state index in [0.29, 0.717) is 32.7 Å². The van der Waals surface area contributed by atoms with Crippen molar-refractivity contribution in [3.05, 3.63) is 23.8 Å². The summed E-state index contributed by atoms with van der Waals surface area (Å²) in [6.45, 7) is 4.26. The number of nitrogens with two attached hydrogens (primary N) is 1. The van der Waals surface area contributed by atoms with E-state index >= 15 is 0 Å². The highest BCUT2D eigenvalue weighted by atomic mass is 16.3. The molecule has 3 amide bonds. The number of anilines is 1. The molecule has 1 saturated heterocycles. The van der Waals surface area contributed by atoms with E-state index in [-0.39, 0.29) is 28.9 Å². The predicted molar refractivity (Wildman–Crippen MR) is 79.1 cm³/mol. The van der Waals surface area contributed by atoms with Crippen molar-refractivity contribution in [2.24, 2.45) is 0 Å². The number of carbonyl (C=O) groups excluding carboxylic acids is 2. The summed E-state index contributed by atoms with van der Waals surface area (Å²) in [6.07, 6.45) is 0. The molecule has 0 spiro atoms. The first-order valence-corrected chi connectivity index (χ1v) is 6.94. The van der Waals surface area contributed by atoms with Gasteiger partial charge in [-0.2, -0.15) is 0 Å². The topological polar surface area (TPSA) is 98.9 Å².